The Morgan fingerprint density at radius 3 is 2.54 bits per heavy atom. The molecule has 1 N–H and O–H groups in total. The number of rotatable bonds is 0. The highest BCUT2D eigenvalue weighted by molar-refractivity contribution is 5.84. The van der Waals surface area contributed by atoms with Crippen LogP contribution in [0.3, 0.4) is 0 Å². The van der Waals surface area contributed by atoms with E-state index in [-0.39, 0.29) is 17.9 Å². The van der Waals surface area contributed by atoms with Crippen molar-refractivity contribution in [3.63, 3.8) is 0 Å². The van der Waals surface area contributed by atoms with E-state index < -0.39 is 0 Å². The number of carbonyl (C=O) groups excluding carboxylic acids is 1. The molecule has 2 nitrogen and oxygen atoms in total. The highest BCUT2D eigenvalue weighted by Gasteiger charge is 2.35. The lowest BCUT2D eigenvalue weighted by atomic mass is 9.89. The molecule has 2 bridgehead atoms. The Morgan fingerprint density at radius 1 is 1.00 bits per heavy atom. The first-order chi connectivity index (χ1) is 6.29. The summed E-state index contributed by atoms with van der Waals surface area (Å²) in [5.74, 6) is 0.627. The number of hydrogen-bond acceptors (Lipinski definition) is 2. The Balaban J connectivity index is 2.18. The van der Waals surface area contributed by atoms with Gasteiger partial charge in [-0.25, -0.2) is 0 Å². The molecule has 2 aliphatic carbocycles. The summed E-state index contributed by atoms with van der Waals surface area (Å²) in [6, 6.07) is 0. The molecule has 0 aromatic heterocycles. The third-order valence-corrected chi connectivity index (χ3v) is 3.60. The van der Waals surface area contributed by atoms with Crippen molar-refractivity contribution in [2.24, 2.45) is 11.8 Å². The number of aliphatic hydroxyl groups is 1. The third kappa shape index (κ3) is 1.78. The average molecular weight is 182 g/mol. The van der Waals surface area contributed by atoms with Crippen LogP contribution in [-0.4, -0.2) is 17.0 Å². The minimum Gasteiger partial charge on any atom is -0.392 e. The summed E-state index contributed by atoms with van der Waals surface area (Å²) in [5, 5.41) is 9.78. The maximum absolute atomic E-state index is 11.9. The van der Waals surface area contributed by atoms with Crippen molar-refractivity contribution in [1.29, 1.82) is 0 Å². The first kappa shape index (κ1) is 9.20. The van der Waals surface area contributed by atoms with E-state index in [1.165, 1.54) is 6.42 Å². The van der Waals surface area contributed by atoms with E-state index in [0.717, 1.165) is 38.5 Å². The van der Waals surface area contributed by atoms with E-state index in [2.05, 4.69) is 0 Å². The second-order valence-electron chi connectivity index (χ2n) is 4.49. The van der Waals surface area contributed by atoms with Gasteiger partial charge in [0.25, 0.3) is 0 Å². The average Bonchev–Trinajstić information content (AvgIpc) is 2.36. The third-order valence-electron chi connectivity index (χ3n) is 3.60. The molecule has 2 saturated carbocycles. The van der Waals surface area contributed by atoms with E-state index in [9.17, 15) is 9.90 Å². The van der Waals surface area contributed by atoms with Gasteiger partial charge < -0.3 is 5.11 Å². The van der Waals surface area contributed by atoms with Crippen molar-refractivity contribution in [3.05, 3.63) is 0 Å². The summed E-state index contributed by atoms with van der Waals surface area (Å²) < 4.78 is 0. The van der Waals surface area contributed by atoms with Crippen molar-refractivity contribution in [1.82, 2.24) is 0 Å². The second kappa shape index (κ2) is 3.79. The van der Waals surface area contributed by atoms with Crippen molar-refractivity contribution < 1.29 is 9.90 Å². The largest absolute Gasteiger partial charge is 0.392 e. The lowest BCUT2D eigenvalue weighted by molar-refractivity contribution is -0.129. The van der Waals surface area contributed by atoms with E-state index in [0.29, 0.717) is 5.78 Å². The van der Waals surface area contributed by atoms with Crippen LogP contribution in [0.4, 0.5) is 0 Å². The van der Waals surface area contributed by atoms with E-state index in [1.807, 2.05) is 0 Å². The van der Waals surface area contributed by atoms with E-state index in [4.69, 9.17) is 0 Å². The van der Waals surface area contributed by atoms with Gasteiger partial charge in [-0.05, 0) is 25.7 Å². The van der Waals surface area contributed by atoms with Crippen LogP contribution < -0.4 is 0 Å². The maximum Gasteiger partial charge on any atom is 0.141 e. The Morgan fingerprint density at radius 2 is 1.69 bits per heavy atom. The van der Waals surface area contributed by atoms with Gasteiger partial charge in [-0.15, -0.1) is 0 Å². The summed E-state index contributed by atoms with van der Waals surface area (Å²) in [6.45, 7) is 0. The summed E-state index contributed by atoms with van der Waals surface area (Å²) in [4.78, 5) is 11.9. The fourth-order valence-electron chi connectivity index (χ4n) is 2.79. The topological polar surface area (TPSA) is 37.3 Å². The van der Waals surface area contributed by atoms with Crippen LogP contribution in [-0.2, 0) is 4.79 Å². The molecule has 0 radical (unpaired) electrons. The molecule has 2 fully saturated rings. The number of fused-ring (bicyclic) bond motifs is 2. The molecular formula is C11H18O2. The summed E-state index contributed by atoms with van der Waals surface area (Å²) in [6.07, 6.45) is 6.87. The second-order valence-corrected chi connectivity index (χ2v) is 4.49. The highest BCUT2D eigenvalue weighted by Crippen LogP contribution is 2.34. The molecule has 3 atom stereocenters. The minimum atomic E-state index is -0.337. The van der Waals surface area contributed by atoms with Crippen molar-refractivity contribution in [2.75, 3.05) is 0 Å². The monoisotopic (exact) mass is 182 g/mol. The first-order valence-corrected chi connectivity index (χ1v) is 5.51. The van der Waals surface area contributed by atoms with Crippen LogP contribution in [0.25, 0.3) is 0 Å². The van der Waals surface area contributed by atoms with Gasteiger partial charge in [0.2, 0.25) is 0 Å². The van der Waals surface area contributed by atoms with Gasteiger partial charge >= 0.3 is 0 Å². The van der Waals surface area contributed by atoms with Crippen LogP contribution in [0.1, 0.15) is 44.9 Å². The fraction of sp³-hybridized carbons (Fsp3) is 0.909. The van der Waals surface area contributed by atoms with Crippen molar-refractivity contribution in [3.8, 4) is 0 Å². The fourth-order valence-corrected chi connectivity index (χ4v) is 2.79. The van der Waals surface area contributed by atoms with Gasteiger partial charge in [0.05, 0.1) is 6.10 Å². The molecule has 0 saturated heterocycles. The van der Waals surface area contributed by atoms with Gasteiger partial charge in [0.15, 0.2) is 0 Å². The zero-order valence-electron chi connectivity index (χ0n) is 8.04. The number of carbonyl (C=O) groups is 1. The highest BCUT2D eigenvalue weighted by atomic mass is 16.3. The minimum absolute atomic E-state index is 0.0185. The molecule has 0 aromatic rings. The first-order valence-electron chi connectivity index (χ1n) is 5.51. The summed E-state index contributed by atoms with van der Waals surface area (Å²) in [7, 11) is 0. The number of Topliss-reactive ketones (excluding diaryl/α,β-unsaturated/α-hetero) is 1. The molecular weight excluding hydrogens is 164 g/mol. The molecule has 0 amide bonds. The summed E-state index contributed by atoms with van der Waals surface area (Å²) >= 11 is 0. The van der Waals surface area contributed by atoms with Crippen molar-refractivity contribution >= 4 is 5.78 Å². The van der Waals surface area contributed by atoms with E-state index >= 15 is 0 Å². The van der Waals surface area contributed by atoms with Gasteiger partial charge in [0.1, 0.15) is 5.78 Å². The molecule has 0 spiro atoms. The smallest absolute Gasteiger partial charge is 0.141 e. The summed E-state index contributed by atoms with van der Waals surface area (Å²) in [5.41, 5.74) is 0. The Hall–Kier alpha value is -0.370. The quantitative estimate of drug-likeness (QED) is 0.621. The molecule has 2 heteroatoms. The molecule has 0 unspecified atom stereocenters. The van der Waals surface area contributed by atoms with E-state index in [1.54, 1.807) is 0 Å². The lowest BCUT2D eigenvalue weighted by Gasteiger charge is -2.18. The van der Waals surface area contributed by atoms with Crippen molar-refractivity contribution in [2.45, 2.75) is 51.0 Å². The molecule has 74 valence electrons. The zero-order valence-corrected chi connectivity index (χ0v) is 8.04. The SMILES string of the molecule is O=C1[C@H]2CCCC[C@@H]1[C@@H](O)CCC2. The van der Waals surface area contributed by atoms with Crippen LogP contribution in [0.15, 0.2) is 0 Å². The van der Waals surface area contributed by atoms with Gasteiger partial charge in [0, 0.05) is 11.8 Å². The van der Waals surface area contributed by atoms with Gasteiger partial charge in [-0.1, -0.05) is 19.3 Å². The molecule has 2 rings (SSSR count). The zero-order chi connectivity index (χ0) is 9.26. The molecule has 2 aliphatic rings. The number of aliphatic hydroxyl groups excluding tert-OH is 1. The lowest BCUT2D eigenvalue weighted by Crippen LogP contribution is -2.28. The van der Waals surface area contributed by atoms with Crippen LogP contribution >= 0.6 is 0 Å². The standard InChI is InChI=1S/C11H18O2/c12-10-7-3-5-8-4-1-2-6-9(10)11(8)13/h8-10,12H,1-7H2/t8-,9+,10-/m0/s1. The van der Waals surface area contributed by atoms with Crippen LogP contribution in [0.2, 0.25) is 0 Å². The number of hydrogen-bond donors (Lipinski definition) is 1. The predicted molar refractivity (Wildman–Crippen MR) is 50.3 cm³/mol. The molecule has 0 aromatic carbocycles. The van der Waals surface area contributed by atoms with Crippen LogP contribution in [0.5, 0.6) is 0 Å². The maximum atomic E-state index is 11.9. The normalized spacial score (nSPS) is 41.0. The Kier molecular flexibility index (Phi) is 2.68. The van der Waals surface area contributed by atoms with Gasteiger partial charge in [-0.3, -0.25) is 4.79 Å². The van der Waals surface area contributed by atoms with Gasteiger partial charge in [-0.2, -0.15) is 0 Å². The molecule has 13 heavy (non-hydrogen) atoms. The Bertz CT molecular complexity index is 200. The van der Waals surface area contributed by atoms with Crippen LogP contribution in [0, 0.1) is 11.8 Å². The number of ketones is 1. The molecule has 0 aliphatic heterocycles. The Labute approximate surface area is 79.3 Å². The predicted octanol–water partition coefficient (Wildman–Crippen LogP) is 1.91. The molecule has 0 heterocycles.